The molecule has 1 N–H and O–H groups in total. The zero-order chi connectivity index (χ0) is 20.7. The maximum Gasteiger partial charge on any atom is 0.431 e. The van der Waals surface area contributed by atoms with Crippen molar-refractivity contribution >= 4 is 18.1 Å². The van der Waals surface area contributed by atoms with Gasteiger partial charge in [-0.3, -0.25) is 0 Å². The fourth-order valence-corrected chi connectivity index (χ4v) is 2.20. The Kier molecular flexibility index (Phi) is 6.80. The van der Waals surface area contributed by atoms with E-state index in [0.29, 0.717) is 17.4 Å². The molecule has 28 heavy (non-hydrogen) atoms. The first-order valence-corrected chi connectivity index (χ1v) is 8.06. The van der Waals surface area contributed by atoms with Gasteiger partial charge < -0.3 is 19.2 Å². The van der Waals surface area contributed by atoms with Crippen LogP contribution in [0.5, 0.6) is 11.5 Å². The number of hydrogen-bond donors (Lipinski definition) is 1. The van der Waals surface area contributed by atoms with Crippen LogP contribution in [0.2, 0.25) is 0 Å². The summed E-state index contributed by atoms with van der Waals surface area (Å²) in [5, 5.41) is 0. The van der Waals surface area contributed by atoms with Crippen molar-refractivity contribution < 1.29 is 32.2 Å². The summed E-state index contributed by atoms with van der Waals surface area (Å²) in [7, 11) is 1.40. The first-order chi connectivity index (χ1) is 13.2. The van der Waals surface area contributed by atoms with Crippen LogP contribution >= 0.6 is 0 Å². The van der Waals surface area contributed by atoms with Gasteiger partial charge in [-0.05, 0) is 31.2 Å². The van der Waals surface area contributed by atoms with Gasteiger partial charge in [0.25, 0.3) is 0 Å². The van der Waals surface area contributed by atoms with E-state index in [2.05, 4.69) is 4.98 Å². The largest absolute Gasteiger partial charge is 0.493 e. The SMILES string of the molecule is CCOC(=O)COc1c(C=Cc2cc(C(F)(F)F)[nH]c(=O)n2)cccc1OC. The fraction of sp³-hybridized carbons (Fsp3) is 0.278. The third-order valence-electron chi connectivity index (χ3n) is 3.37. The number of nitrogens with one attached hydrogen (secondary N) is 1. The number of aromatic amines is 1. The highest BCUT2D eigenvalue weighted by Crippen LogP contribution is 2.32. The summed E-state index contributed by atoms with van der Waals surface area (Å²) in [4.78, 5) is 28.0. The Bertz CT molecular complexity index is 922. The fourth-order valence-electron chi connectivity index (χ4n) is 2.20. The first-order valence-electron chi connectivity index (χ1n) is 8.06. The van der Waals surface area contributed by atoms with Gasteiger partial charge in [-0.25, -0.2) is 9.59 Å². The Hall–Kier alpha value is -3.30. The standard InChI is InChI=1S/C18H17F3N2O5/c1-3-27-15(24)10-28-16-11(5-4-6-13(16)26-2)7-8-12-9-14(18(19,20)21)23-17(25)22-12/h4-9H,3,10H2,1-2H3,(H,22,23,25). The van der Waals surface area contributed by atoms with Crippen LogP contribution in [-0.4, -0.2) is 36.3 Å². The van der Waals surface area contributed by atoms with Gasteiger partial charge in [0.15, 0.2) is 18.1 Å². The summed E-state index contributed by atoms with van der Waals surface area (Å²) in [6, 6.07) is 5.52. The molecule has 1 aromatic carbocycles. The number of benzene rings is 1. The zero-order valence-corrected chi connectivity index (χ0v) is 15.0. The highest BCUT2D eigenvalue weighted by molar-refractivity contribution is 5.75. The van der Waals surface area contributed by atoms with Crippen LogP contribution in [0.1, 0.15) is 23.9 Å². The number of hydrogen-bond acceptors (Lipinski definition) is 6. The molecule has 7 nitrogen and oxygen atoms in total. The molecule has 150 valence electrons. The summed E-state index contributed by atoms with van der Waals surface area (Å²) in [5.41, 5.74) is -2.13. The summed E-state index contributed by atoms with van der Waals surface area (Å²) in [6.07, 6.45) is -2.10. The molecule has 0 spiro atoms. The predicted molar refractivity (Wildman–Crippen MR) is 93.9 cm³/mol. The van der Waals surface area contributed by atoms with E-state index >= 15 is 0 Å². The second-order valence-electron chi connectivity index (χ2n) is 5.33. The van der Waals surface area contributed by atoms with Gasteiger partial charge in [-0.1, -0.05) is 12.1 Å². The van der Waals surface area contributed by atoms with Crippen LogP contribution in [0.15, 0.2) is 29.1 Å². The molecular formula is C18H17F3N2O5. The van der Waals surface area contributed by atoms with E-state index in [-0.39, 0.29) is 24.7 Å². The van der Waals surface area contributed by atoms with Gasteiger partial charge in [0.2, 0.25) is 0 Å². The van der Waals surface area contributed by atoms with E-state index in [1.54, 1.807) is 30.1 Å². The van der Waals surface area contributed by atoms with Gasteiger partial charge in [0.05, 0.1) is 19.4 Å². The molecular weight excluding hydrogens is 381 g/mol. The molecule has 0 atom stereocenters. The van der Waals surface area contributed by atoms with E-state index < -0.39 is 23.5 Å². The van der Waals surface area contributed by atoms with Gasteiger partial charge in [0.1, 0.15) is 5.69 Å². The monoisotopic (exact) mass is 398 g/mol. The smallest absolute Gasteiger partial charge is 0.431 e. The normalized spacial score (nSPS) is 11.5. The van der Waals surface area contributed by atoms with Crippen LogP contribution in [-0.2, 0) is 15.7 Å². The van der Waals surface area contributed by atoms with Gasteiger partial charge in [0, 0.05) is 5.56 Å². The molecule has 1 heterocycles. The molecule has 0 bridgehead atoms. The number of carbonyl (C=O) groups is 1. The molecule has 10 heteroatoms. The molecule has 0 aliphatic rings. The third-order valence-corrected chi connectivity index (χ3v) is 3.37. The lowest BCUT2D eigenvalue weighted by Gasteiger charge is -2.13. The highest BCUT2D eigenvalue weighted by atomic mass is 19.4. The number of aromatic nitrogens is 2. The number of H-pyrrole nitrogens is 1. The van der Waals surface area contributed by atoms with E-state index in [0.717, 1.165) is 0 Å². The number of methoxy groups -OCH3 is 1. The maximum absolute atomic E-state index is 12.8. The number of carbonyl (C=O) groups excluding carboxylic acids is 1. The minimum absolute atomic E-state index is 0.190. The van der Waals surface area contributed by atoms with E-state index in [1.165, 1.54) is 19.3 Å². The second kappa shape index (κ2) is 9.07. The van der Waals surface area contributed by atoms with Crippen molar-refractivity contribution in [3.63, 3.8) is 0 Å². The molecule has 1 aromatic heterocycles. The molecule has 0 radical (unpaired) electrons. The highest BCUT2D eigenvalue weighted by Gasteiger charge is 2.32. The number of rotatable bonds is 7. The summed E-state index contributed by atoms with van der Waals surface area (Å²) >= 11 is 0. The van der Waals surface area contributed by atoms with Crippen LogP contribution in [0.25, 0.3) is 12.2 Å². The molecule has 0 saturated heterocycles. The summed E-state index contributed by atoms with van der Waals surface area (Å²) < 4.78 is 53.8. The number of alkyl halides is 3. The summed E-state index contributed by atoms with van der Waals surface area (Å²) in [5.74, 6) is -0.0918. The molecule has 2 rings (SSSR count). The van der Waals surface area contributed by atoms with E-state index in [9.17, 15) is 22.8 Å². The number of para-hydroxylation sites is 1. The Balaban J connectivity index is 2.34. The van der Waals surface area contributed by atoms with Gasteiger partial charge >= 0.3 is 17.8 Å². The summed E-state index contributed by atoms with van der Waals surface area (Å²) in [6.45, 7) is 1.46. The van der Waals surface area contributed by atoms with E-state index in [4.69, 9.17) is 14.2 Å². The second-order valence-corrected chi connectivity index (χ2v) is 5.33. The lowest BCUT2D eigenvalue weighted by Crippen LogP contribution is -2.19. The maximum atomic E-state index is 12.8. The van der Waals surface area contributed by atoms with Crippen molar-refractivity contribution in [2.24, 2.45) is 0 Å². The average Bonchev–Trinajstić information content (AvgIpc) is 2.63. The number of halogens is 3. The number of nitrogens with zero attached hydrogens (tertiary/aromatic N) is 1. The number of esters is 1. The van der Waals surface area contributed by atoms with Gasteiger partial charge in [-0.2, -0.15) is 18.2 Å². The molecule has 0 amide bonds. The van der Waals surface area contributed by atoms with Crippen molar-refractivity contribution in [3.8, 4) is 11.5 Å². The Labute approximate surface area is 157 Å². The van der Waals surface area contributed by atoms with Crippen molar-refractivity contribution in [1.82, 2.24) is 9.97 Å². The Morgan fingerprint density at radius 2 is 2.04 bits per heavy atom. The quantitative estimate of drug-likeness (QED) is 0.722. The topological polar surface area (TPSA) is 90.5 Å². The Morgan fingerprint density at radius 3 is 2.68 bits per heavy atom. The predicted octanol–water partition coefficient (Wildman–Crippen LogP) is 2.91. The van der Waals surface area contributed by atoms with Crippen molar-refractivity contribution in [2.45, 2.75) is 13.1 Å². The van der Waals surface area contributed by atoms with Crippen LogP contribution in [0, 0.1) is 0 Å². The molecule has 0 saturated carbocycles. The van der Waals surface area contributed by atoms with Crippen molar-refractivity contribution in [1.29, 1.82) is 0 Å². The van der Waals surface area contributed by atoms with Gasteiger partial charge in [-0.15, -0.1) is 0 Å². The molecule has 0 fully saturated rings. The minimum atomic E-state index is -4.71. The van der Waals surface area contributed by atoms with Crippen LogP contribution in [0.4, 0.5) is 13.2 Å². The minimum Gasteiger partial charge on any atom is -0.493 e. The van der Waals surface area contributed by atoms with E-state index in [1.807, 2.05) is 0 Å². The molecule has 0 unspecified atom stereocenters. The molecule has 0 aliphatic heterocycles. The first kappa shape index (κ1) is 21.0. The van der Waals surface area contributed by atoms with Crippen molar-refractivity contribution in [3.05, 3.63) is 51.7 Å². The molecule has 0 aliphatic carbocycles. The average molecular weight is 398 g/mol. The molecule has 2 aromatic rings. The third kappa shape index (κ3) is 5.60. The van der Waals surface area contributed by atoms with Crippen LogP contribution < -0.4 is 15.2 Å². The number of ether oxygens (including phenoxy) is 3. The lowest BCUT2D eigenvalue weighted by atomic mass is 10.1. The lowest BCUT2D eigenvalue weighted by molar-refractivity contribution is -0.145. The van der Waals surface area contributed by atoms with Crippen LogP contribution in [0.3, 0.4) is 0 Å². The zero-order valence-electron chi connectivity index (χ0n) is 15.0. The Morgan fingerprint density at radius 1 is 1.29 bits per heavy atom. The van der Waals surface area contributed by atoms with Crippen molar-refractivity contribution in [2.75, 3.05) is 20.3 Å².